The van der Waals surface area contributed by atoms with Gasteiger partial charge in [-0.05, 0) is 44.2 Å². The van der Waals surface area contributed by atoms with Crippen molar-refractivity contribution in [3.8, 4) is 0 Å². The molecule has 0 N–H and O–H groups in total. The van der Waals surface area contributed by atoms with Gasteiger partial charge < -0.3 is 9.80 Å². The quantitative estimate of drug-likeness (QED) is 0.856. The Bertz CT molecular complexity index is 710. The van der Waals surface area contributed by atoms with Gasteiger partial charge in [-0.25, -0.2) is 14.6 Å². The van der Waals surface area contributed by atoms with Crippen molar-refractivity contribution in [3.05, 3.63) is 36.5 Å². The number of hydrogen-bond donors (Lipinski definition) is 0. The molecule has 0 spiro atoms. The number of anilines is 1. The third kappa shape index (κ3) is 3.36. The summed E-state index contributed by atoms with van der Waals surface area (Å²) < 4.78 is 1.87. The second kappa shape index (κ2) is 7.21. The summed E-state index contributed by atoms with van der Waals surface area (Å²) in [6.07, 6.45) is 10.7. The van der Waals surface area contributed by atoms with Crippen LogP contribution in [0.1, 0.15) is 48.5 Å². The average molecular weight is 340 g/mol. The highest BCUT2D eigenvalue weighted by Gasteiger charge is 2.28. The Kier molecular flexibility index (Phi) is 4.63. The van der Waals surface area contributed by atoms with Crippen LogP contribution in [0.5, 0.6) is 0 Å². The number of hydrogen-bond acceptors (Lipinski definition) is 5. The number of pyridine rings is 1. The molecule has 2 saturated heterocycles. The van der Waals surface area contributed by atoms with Crippen molar-refractivity contribution >= 4 is 11.7 Å². The molecule has 2 aromatic heterocycles. The molecule has 0 saturated carbocycles. The Balaban J connectivity index is 1.54. The molecular weight excluding hydrogens is 316 g/mol. The van der Waals surface area contributed by atoms with E-state index < -0.39 is 0 Å². The van der Waals surface area contributed by atoms with E-state index in [2.05, 4.69) is 20.0 Å². The number of likely N-dealkylation sites (tertiary alicyclic amines) is 1. The first kappa shape index (κ1) is 16.1. The molecule has 7 heteroatoms. The standard InChI is InChI=1S/C18H24N6O/c25-18(23-11-5-6-15(12-23)24-14-19-13-21-24)16-7-4-8-20-17(16)22-9-2-1-3-10-22/h4,7-8,13-15H,1-3,5-6,9-12H2/t15-/m1/s1. The van der Waals surface area contributed by atoms with E-state index in [-0.39, 0.29) is 11.9 Å². The molecule has 2 aliphatic rings. The minimum absolute atomic E-state index is 0.0819. The summed E-state index contributed by atoms with van der Waals surface area (Å²) in [6, 6.07) is 3.98. The molecule has 1 atom stereocenters. The summed E-state index contributed by atoms with van der Waals surface area (Å²) in [6.45, 7) is 3.44. The van der Waals surface area contributed by atoms with Crippen molar-refractivity contribution in [2.45, 2.75) is 38.1 Å². The van der Waals surface area contributed by atoms with Gasteiger partial charge in [-0.15, -0.1) is 0 Å². The summed E-state index contributed by atoms with van der Waals surface area (Å²) >= 11 is 0. The van der Waals surface area contributed by atoms with Crippen molar-refractivity contribution in [2.75, 3.05) is 31.1 Å². The smallest absolute Gasteiger partial charge is 0.257 e. The van der Waals surface area contributed by atoms with Gasteiger partial charge in [0, 0.05) is 32.4 Å². The Morgan fingerprint density at radius 3 is 2.80 bits per heavy atom. The van der Waals surface area contributed by atoms with Gasteiger partial charge >= 0.3 is 0 Å². The molecule has 1 amide bonds. The summed E-state index contributed by atoms with van der Waals surface area (Å²) in [5, 5.41) is 4.24. The fourth-order valence-corrected chi connectivity index (χ4v) is 3.85. The molecule has 2 aliphatic heterocycles. The lowest BCUT2D eigenvalue weighted by Gasteiger charge is -2.34. The summed E-state index contributed by atoms with van der Waals surface area (Å²) in [4.78, 5) is 26.0. The largest absolute Gasteiger partial charge is 0.356 e. The lowest BCUT2D eigenvalue weighted by atomic mass is 10.0. The highest BCUT2D eigenvalue weighted by atomic mass is 16.2. The molecule has 0 aromatic carbocycles. The molecule has 0 radical (unpaired) electrons. The number of piperidine rings is 2. The molecule has 7 nitrogen and oxygen atoms in total. The second-order valence-corrected chi connectivity index (χ2v) is 6.84. The van der Waals surface area contributed by atoms with Crippen LogP contribution in [0.3, 0.4) is 0 Å². The molecule has 0 bridgehead atoms. The van der Waals surface area contributed by atoms with E-state index in [9.17, 15) is 4.79 Å². The Hall–Kier alpha value is -2.44. The van der Waals surface area contributed by atoms with Crippen molar-refractivity contribution in [1.29, 1.82) is 0 Å². The van der Waals surface area contributed by atoms with Crippen LogP contribution in [0.25, 0.3) is 0 Å². The van der Waals surface area contributed by atoms with E-state index in [0.717, 1.165) is 43.9 Å². The van der Waals surface area contributed by atoms with E-state index in [1.54, 1.807) is 18.9 Å². The van der Waals surface area contributed by atoms with Crippen LogP contribution >= 0.6 is 0 Å². The molecule has 132 valence electrons. The SMILES string of the molecule is O=C(c1cccnc1N1CCCCC1)N1CCC[C@@H](n2cncn2)C1. The van der Waals surface area contributed by atoms with Crippen LogP contribution in [0.2, 0.25) is 0 Å². The summed E-state index contributed by atoms with van der Waals surface area (Å²) in [7, 11) is 0. The highest BCUT2D eigenvalue weighted by Crippen LogP contribution is 2.26. The number of carbonyl (C=O) groups is 1. The minimum atomic E-state index is 0.0819. The topological polar surface area (TPSA) is 67.2 Å². The molecule has 25 heavy (non-hydrogen) atoms. The van der Waals surface area contributed by atoms with Crippen molar-refractivity contribution in [2.24, 2.45) is 0 Å². The van der Waals surface area contributed by atoms with Gasteiger partial charge in [0.05, 0.1) is 11.6 Å². The molecular formula is C18H24N6O. The van der Waals surface area contributed by atoms with E-state index in [1.807, 2.05) is 21.7 Å². The zero-order chi connectivity index (χ0) is 17.1. The van der Waals surface area contributed by atoms with Gasteiger partial charge in [0.2, 0.25) is 0 Å². The van der Waals surface area contributed by atoms with Gasteiger partial charge in [-0.2, -0.15) is 5.10 Å². The van der Waals surface area contributed by atoms with Gasteiger partial charge in [-0.3, -0.25) is 4.79 Å². The molecule has 4 heterocycles. The molecule has 0 unspecified atom stereocenters. The van der Waals surface area contributed by atoms with Gasteiger partial charge in [0.25, 0.3) is 5.91 Å². The number of carbonyl (C=O) groups excluding carboxylic acids is 1. The van der Waals surface area contributed by atoms with Crippen LogP contribution in [-0.2, 0) is 0 Å². The van der Waals surface area contributed by atoms with E-state index in [4.69, 9.17) is 0 Å². The van der Waals surface area contributed by atoms with Crippen LogP contribution in [-0.4, -0.2) is 56.7 Å². The first-order chi connectivity index (χ1) is 12.3. The predicted molar refractivity (Wildman–Crippen MR) is 94.5 cm³/mol. The Labute approximate surface area is 147 Å². The zero-order valence-corrected chi connectivity index (χ0v) is 14.4. The maximum atomic E-state index is 13.2. The Morgan fingerprint density at radius 2 is 2.00 bits per heavy atom. The van der Waals surface area contributed by atoms with Gasteiger partial charge in [0.15, 0.2) is 0 Å². The van der Waals surface area contributed by atoms with Crippen molar-refractivity contribution in [1.82, 2.24) is 24.6 Å². The van der Waals surface area contributed by atoms with Crippen LogP contribution < -0.4 is 4.90 Å². The lowest BCUT2D eigenvalue weighted by Crippen LogP contribution is -2.42. The Morgan fingerprint density at radius 1 is 1.12 bits per heavy atom. The fraction of sp³-hybridized carbons (Fsp3) is 0.556. The van der Waals surface area contributed by atoms with Crippen molar-refractivity contribution in [3.63, 3.8) is 0 Å². The fourth-order valence-electron chi connectivity index (χ4n) is 3.85. The van der Waals surface area contributed by atoms with Crippen LogP contribution in [0.4, 0.5) is 5.82 Å². The first-order valence-electron chi connectivity index (χ1n) is 9.16. The summed E-state index contributed by atoms with van der Waals surface area (Å²) in [5.74, 6) is 0.925. The van der Waals surface area contributed by atoms with E-state index in [1.165, 1.54) is 19.3 Å². The van der Waals surface area contributed by atoms with E-state index in [0.29, 0.717) is 6.54 Å². The number of rotatable bonds is 3. The maximum absolute atomic E-state index is 13.2. The zero-order valence-electron chi connectivity index (χ0n) is 14.4. The van der Waals surface area contributed by atoms with Gasteiger partial charge in [0.1, 0.15) is 18.5 Å². The van der Waals surface area contributed by atoms with Crippen LogP contribution in [0, 0.1) is 0 Å². The average Bonchev–Trinajstić information content (AvgIpc) is 3.23. The third-order valence-corrected chi connectivity index (χ3v) is 5.17. The maximum Gasteiger partial charge on any atom is 0.257 e. The monoisotopic (exact) mass is 340 g/mol. The molecule has 0 aliphatic carbocycles. The number of aromatic nitrogens is 4. The predicted octanol–water partition coefficient (Wildman–Crippen LogP) is 2.14. The van der Waals surface area contributed by atoms with E-state index >= 15 is 0 Å². The number of amides is 1. The summed E-state index contributed by atoms with van der Waals surface area (Å²) in [5.41, 5.74) is 0.726. The molecule has 2 aromatic rings. The highest BCUT2D eigenvalue weighted by molar-refractivity contribution is 5.99. The lowest BCUT2D eigenvalue weighted by molar-refractivity contribution is 0.0673. The third-order valence-electron chi connectivity index (χ3n) is 5.17. The first-order valence-corrected chi connectivity index (χ1v) is 9.16. The second-order valence-electron chi connectivity index (χ2n) is 6.84. The van der Waals surface area contributed by atoms with Gasteiger partial charge in [-0.1, -0.05) is 0 Å². The number of nitrogens with zero attached hydrogens (tertiary/aromatic N) is 6. The van der Waals surface area contributed by atoms with Crippen molar-refractivity contribution < 1.29 is 4.79 Å². The minimum Gasteiger partial charge on any atom is -0.356 e. The molecule has 2 fully saturated rings. The molecule has 4 rings (SSSR count). The normalized spacial score (nSPS) is 21.4. The van der Waals surface area contributed by atoms with Crippen LogP contribution in [0.15, 0.2) is 31.0 Å².